The van der Waals surface area contributed by atoms with Crippen LogP contribution in [0.25, 0.3) is 0 Å². The number of benzene rings is 1. The van der Waals surface area contributed by atoms with Crippen molar-refractivity contribution < 1.29 is 14.3 Å². The van der Waals surface area contributed by atoms with Gasteiger partial charge in [-0.05, 0) is 20.2 Å². The first-order valence-corrected chi connectivity index (χ1v) is 5.55. The summed E-state index contributed by atoms with van der Waals surface area (Å²) in [7, 11) is 5.37. The van der Waals surface area contributed by atoms with Crippen LogP contribution in [0.2, 0.25) is 0 Å². The Morgan fingerprint density at radius 1 is 1.29 bits per heavy atom. The molecule has 0 aliphatic carbocycles. The summed E-state index contributed by atoms with van der Waals surface area (Å²) in [6.07, 6.45) is 0.245. The van der Waals surface area contributed by atoms with Crippen LogP contribution in [0.1, 0.15) is 5.56 Å². The first kappa shape index (κ1) is 13.5. The Bertz CT molecular complexity index is 363. The highest BCUT2D eigenvalue weighted by Crippen LogP contribution is 2.18. The van der Waals surface area contributed by atoms with Crippen LogP contribution >= 0.6 is 0 Å². The fourth-order valence-electron chi connectivity index (χ4n) is 1.36. The summed E-state index contributed by atoms with van der Waals surface area (Å²) in [5.41, 5.74) is 0.859. The maximum absolute atomic E-state index is 11.2. The minimum atomic E-state index is -0.256. The smallest absolute Gasteiger partial charge is 0.310 e. The second-order valence-corrected chi connectivity index (χ2v) is 4.01. The van der Waals surface area contributed by atoms with Gasteiger partial charge in [0, 0.05) is 12.1 Å². The molecule has 0 aliphatic heterocycles. The molecule has 0 atom stereocenters. The van der Waals surface area contributed by atoms with E-state index in [-0.39, 0.29) is 12.4 Å². The van der Waals surface area contributed by atoms with E-state index in [0.29, 0.717) is 6.61 Å². The maximum atomic E-state index is 11.2. The molecule has 1 rings (SSSR count). The molecule has 94 valence electrons. The van der Waals surface area contributed by atoms with Crippen LogP contribution in [-0.2, 0) is 16.0 Å². The van der Waals surface area contributed by atoms with Crippen LogP contribution in [-0.4, -0.2) is 45.2 Å². The highest BCUT2D eigenvalue weighted by atomic mass is 16.5. The predicted molar refractivity (Wildman–Crippen MR) is 66.2 cm³/mol. The molecule has 0 unspecified atom stereocenters. The third-order valence-electron chi connectivity index (χ3n) is 2.33. The van der Waals surface area contributed by atoms with Crippen molar-refractivity contribution >= 4 is 5.97 Å². The van der Waals surface area contributed by atoms with E-state index in [1.165, 1.54) is 7.11 Å². The van der Waals surface area contributed by atoms with Crippen molar-refractivity contribution in [3.05, 3.63) is 29.8 Å². The number of esters is 1. The lowest BCUT2D eigenvalue weighted by Crippen LogP contribution is -2.20. The lowest BCUT2D eigenvalue weighted by molar-refractivity contribution is -0.139. The van der Waals surface area contributed by atoms with E-state index >= 15 is 0 Å². The lowest BCUT2D eigenvalue weighted by Gasteiger charge is -2.13. The van der Waals surface area contributed by atoms with E-state index in [4.69, 9.17) is 4.74 Å². The van der Waals surface area contributed by atoms with Crippen LogP contribution in [0.4, 0.5) is 0 Å². The van der Waals surface area contributed by atoms with Gasteiger partial charge in [-0.1, -0.05) is 18.2 Å². The van der Waals surface area contributed by atoms with Crippen LogP contribution in [0, 0.1) is 0 Å². The molecule has 0 aromatic heterocycles. The van der Waals surface area contributed by atoms with Gasteiger partial charge >= 0.3 is 5.97 Å². The molecule has 0 heterocycles. The molecule has 4 heteroatoms. The molecule has 0 fully saturated rings. The summed E-state index contributed by atoms with van der Waals surface area (Å²) >= 11 is 0. The molecule has 0 bridgehead atoms. The van der Waals surface area contributed by atoms with Gasteiger partial charge in [0.25, 0.3) is 0 Å². The molecular weight excluding hydrogens is 218 g/mol. The number of carbonyl (C=O) groups excluding carboxylic acids is 1. The minimum Gasteiger partial charge on any atom is -0.492 e. The third kappa shape index (κ3) is 4.87. The monoisotopic (exact) mass is 237 g/mol. The van der Waals surface area contributed by atoms with Crippen LogP contribution in [0.5, 0.6) is 5.75 Å². The number of hydrogen-bond donors (Lipinski definition) is 0. The number of ether oxygens (including phenoxy) is 2. The molecular formula is C13H19NO3. The van der Waals surface area contributed by atoms with Gasteiger partial charge in [-0.3, -0.25) is 4.79 Å². The van der Waals surface area contributed by atoms with E-state index in [9.17, 15) is 4.79 Å². The molecule has 0 aliphatic rings. The second-order valence-electron chi connectivity index (χ2n) is 4.01. The van der Waals surface area contributed by atoms with E-state index in [1.807, 2.05) is 43.3 Å². The lowest BCUT2D eigenvalue weighted by atomic mass is 10.1. The number of nitrogens with zero attached hydrogens (tertiary/aromatic N) is 1. The number of carbonyl (C=O) groups is 1. The summed E-state index contributed by atoms with van der Waals surface area (Å²) in [5.74, 6) is 0.494. The number of likely N-dealkylation sites (N-methyl/N-ethyl adjacent to an activating group) is 1. The van der Waals surface area contributed by atoms with Crippen molar-refractivity contribution in [3.8, 4) is 5.75 Å². The quantitative estimate of drug-likeness (QED) is 0.700. The van der Waals surface area contributed by atoms with Gasteiger partial charge < -0.3 is 14.4 Å². The molecule has 0 amide bonds. The van der Waals surface area contributed by atoms with Crippen LogP contribution in [0.3, 0.4) is 0 Å². The van der Waals surface area contributed by atoms with Crippen molar-refractivity contribution in [2.75, 3.05) is 34.4 Å². The zero-order valence-corrected chi connectivity index (χ0v) is 10.6. The van der Waals surface area contributed by atoms with Gasteiger partial charge in [0.1, 0.15) is 12.4 Å². The number of para-hydroxylation sites is 1. The van der Waals surface area contributed by atoms with Crippen molar-refractivity contribution in [2.24, 2.45) is 0 Å². The summed E-state index contributed by atoms with van der Waals surface area (Å²) in [4.78, 5) is 13.3. The first-order chi connectivity index (χ1) is 8.13. The average molecular weight is 237 g/mol. The Hall–Kier alpha value is -1.55. The Balaban J connectivity index is 2.61. The van der Waals surface area contributed by atoms with E-state index in [2.05, 4.69) is 4.74 Å². The van der Waals surface area contributed by atoms with Crippen molar-refractivity contribution in [1.29, 1.82) is 0 Å². The molecule has 0 saturated heterocycles. The summed E-state index contributed by atoms with van der Waals surface area (Å²) in [6, 6.07) is 7.53. The van der Waals surface area contributed by atoms with Crippen molar-refractivity contribution in [3.63, 3.8) is 0 Å². The minimum absolute atomic E-state index is 0.245. The zero-order chi connectivity index (χ0) is 12.7. The number of methoxy groups -OCH3 is 1. The molecule has 17 heavy (non-hydrogen) atoms. The molecule has 0 radical (unpaired) electrons. The van der Waals surface area contributed by atoms with Crippen molar-refractivity contribution in [1.82, 2.24) is 4.90 Å². The van der Waals surface area contributed by atoms with Gasteiger partial charge in [-0.25, -0.2) is 0 Å². The topological polar surface area (TPSA) is 38.8 Å². The highest BCUT2D eigenvalue weighted by Gasteiger charge is 2.08. The molecule has 4 nitrogen and oxygen atoms in total. The summed E-state index contributed by atoms with van der Waals surface area (Å²) in [6.45, 7) is 1.44. The van der Waals surface area contributed by atoms with Gasteiger partial charge in [-0.15, -0.1) is 0 Å². The zero-order valence-electron chi connectivity index (χ0n) is 10.6. The fourth-order valence-corrected chi connectivity index (χ4v) is 1.36. The molecule has 1 aromatic rings. The Kier molecular flexibility index (Phi) is 5.49. The van der Waals surface area contributed by atoms with Gasteiger partial charge in [-0.2, -0.15) is 0 Å². The average Bonchev–Trinajstić information content (AvgIpc) is 2.30. The SMILES string of the molecule is COC(=O)Cc1ccccc1OCCN(C)C. The summed E-state index contributed by atoms with van der Waals surface area (Å²) < 4.78 is 10.3. The highest BCUT2D eigenvalue weighted by molar-refractivity contribution is 5.73. The normalized spacial score (nSPS) is 10.4. The number of rotatable bonds is 6. The van der Waals surface area contributed by atoms with E-state index < -0.39 is 0 Å². The predicted octanol–water partition coefficient (Wildman–Crippen LogP) is 1.34. The van der Waals surface area contributed by atoms with E-state index in [0.717, 1.165) is 17.9 Å². The second kappa shape index (κ2) is 6.91. The molecule has 0 saturated carbocycles. The number of hydrogen-bond acceptors (Lipinski definition) is 4. The molecule has 0 spiro atoms. The molecule has 0 N–H and O–H groups in total. The van der Waals surface area contributed by atoms with E-state index in [1.54, 1.807) is 0 Å². The Morgan fingerprint density at radius 3 is 2.65 bits per heavy atom. The standard InChI is InChI=1S/C13H19NO3/c1-14(2)8-9-17-12-7-5-4-6-11(12)10-13(15)16-3/h4-7H,8-10H2,1-3H3. The van der Waals surface area contributed by atoms with Gasteiger partial charge in [0.15, 0.2) is 0 Å². The van der Waals surface area contributed by atoms with Gasteiger partial charge in [0.05, 0.1) is 13.5 Å². The Morgan fingerprint density at radius 2 is 2.00 bits per heavy atom. The third-order valence-corrected chi connectivity index (χ3v) is 2.33. The van der Waals surface area contributed by atoms with Crippen LogP contribution in [0.15, 0.2) is 24.3 Å². The first-order valence-electron chi connectivity index (χ1n) is 5.55. The fraction of sp³-hybridized carbons (Fsp3) is 0.462. The molecule has 1 aromatic carbocycles. The maximum Gasteiger partial charge on any atom is 0.310 e. The van der Waals surface area contributed by atoms with Gasteiger partial charge in [0.2, 0.25) is 0 Å². The van der Waals surface area contributed by atoms with Crippen molar-refractivity contribution in [2.45, 2.75) is 6.42 Å². The summed E-state index contributed by atoms with van der Waals surface area (Å²) in [5, 5.41) is 0. The Labute approximate surface area is 102 Å². The largest absolute Gasteiger partial charge is 0.492 e. The van der Waals surface area contributed by atoms with Crippen LogP contribution < -0.4 is 4.74 Å².